The van der Waals surface area contributed by atoms with Crippen LogP contribution in [0.5, 0.6) is 0 Å². The predicted molar refractivity (Wildman–Crippen MR) is 87.3 cm³/mol. The van der Waals surface area contributed by atoms with Gasteiger partial charge in [-0.15, -0.1) is 0 Å². The Morgan fingerprint density at radius 1 is 1.29 bits per heavy atom. The molecule has 0 bridgehead atoms. The smallest absolute Gasteiger partial charge is 0.322 e. The summed E-state index contributed by atoms with van der Waals surface area (Å²) in [6.45, 7) is 3.61. The van der Waals surface area contributed by atoms with Crippen LogP contribution in [0.25, 0.3) is 0 Å². The maximum absolute atomic E-state index is 12.8. The first-order valence-corrected chi connectivity index (χ1v) is 9.35. The van der Waals surface area contributed by atoms with Crippen molar-refractivity contribution in [1.82, 2.24) is 4.31 Å². The third kappa shape index (κ3) is 2.59. The topological polar surface area (TPSA) is 95.0 Å². The third-order valence-corrected chi connectivity index (χ3v) is 6.61. The Morgan fingerprint density at radius 3 is 2.62 bits per heavy atom. The largest absolute Gasteiger partial charge is 0.480 e. The number of carbonyl (C=O) groups is 2. The number of fused-ring (bicyclic) bond motifs is 1. The molecule has 2 aliphatic rings. The van der Waals surface area contributed by atoms with Crippen molar-refractivity contribution in [1.29, 1.82) is 0 Å². The average molecular weight is 352 g/mol. The fourth-order valence-corrected chi connectivity index (χ4v) is 5.36. The van der Waals surface area contributed by atoms with E-state index in [9.17, 15) is 23.1 Å². The Balaban J connectivity index is 1.98. The molecule has 3 rings (SSSR count). The first-order valence-electron chi connectivity index (χ1n) is 7.91. The zero-order chi connectivity index (χ0) is 17.6. The van der Waals surface area contributed by atoms with Crippen LogP contribution in [0.1, 0.15) is 32.3 Å². The molecule has 0 unspecified atom stereocenters. The molecule has 1 fully saturated rings. The number of sulfonamides is 1. The number of aliphatic carboxylic acids is 1. The molecule has 8 heteroatoms. The van der Waals surface area contributed by atoms with Crippen LogP contribution in [0, 0.1) is 0 Å². The second kappa shape index (κ2) is 5.86. The van der Waals surface area contributed by atoms with E-state index < -0.39 is 22.0 Å². The van der Waals surface area contributed by atoms with Crippen LogP contribution in [0.4, 0.5) is 5.69 Å². The van der Waals surface area contributed by atoms with Gasteiger partial charge in [-0.1, -0.05) is 0 Å². The van der Waals surface area contributed by atoms with E-state index in [1.807, 2.05) is 6.92 Å². The lowest BCUT2D eigenvalue weighted by atomic mass is 10.1. The Bertz CT molecular complexity index is 805. The summed E-state index contributed by atoms with van der Waals surface area (Å²) in [4.78, 5) is 24.8. The van der Waals surface area contributed by atoms with Crippen LogP contribution >= 0.6 is 0 Å². The van der Waals surface area contributed by atoms with Gasteiger partial charge in [-0.2, -0.15) is 4.31 Å². The maximum Gasteiger partial charge on any atom is 0.322 e. The number of hydrogen-bond acceptors (Lipinski definition) is 4. The summed E-state index contributed by atoms with van der Waals surface area (Å²) in [5, 5.41) is 9.23. The summed E-state index contributed by atoms with van der Waals surface area (Å²) < 4.78 is 26.7. The van der Waals surface area contributed by atoms with Crippen molar-refractivity contribution in [2.45, 2.75) is 50.1 Å². The number of amides is 1. The van der Waals surface area contributed by atoms with Gasteiger partial charge in [-0.25, -0.2) is 8.42 Å². The van der Waals surface area contributed by atoms with E-state index in [0.29, 0.717) is 19.3 Å². The number of carbonyl (C=O) groups excluding carboxylic acids is 1. The van der Waals surface area contributed by atoms with Crippen molar-refractivity contribution in [2.75, 3.05) is 11.4 Å². The van der Waals surface area contributed by atoms with Gasteiger partial charge in [0, 0.05) is 25.2 Å². The van der Waals surface area contributed by atoms with Crippen LogP contribution in [-0.2, 0) is 26.0 Å². The van der Waals surface area contributed by atoms with Gasteiger partial charge < -0.3 is 10.0 Å². The molecule has 0 aliphatic carbocycles. The van der Waals surface area contributed by atoms with Crippen molar-refractivity contribution in [3.63, 3.8) is 0 Å². The number of benzene rings is 1. The van der Waals surface area contributed by atoms with E-state index in [2.05, 4.69) is 0 Å². The van der Waals surface area contributed by atoms with Gasteiger partial charge in [0.2, 0.25) is 15.9 Å². The lowest BCUT2D eigenvalue weighted by Crippen LogP contribution is -2.40. The second-order valence-electron chi connectivity index (χ2n) is 6.34. The normalized spacial score (nSPS) is 24.2. The number of hydrogen-bond donors (Lipinski definition) is 1. The van der Waals surface area contributed by atoms with Crippen molar-refractivity contribution < 1.29 is 23.1 Å². The van der Waals surface area contributed by atoms with Gasteiger partial charge in [0.05, 0.1) is 4.90 Å². The second-order valence-corrected chi connectivity index (χ2v) is 8.24. The highest BCUT2D eigenvalue weighted by atomic mass is 32.2. The quantitative estimate of drug-likeness (QED) is 0.883. The molecule has 0 radical (unpaired) electrons. The van der Waals surface area contributed by atoms with Crippen molar-refractivity contribution >= 4 is 27.6 Å². The molecule has 7 nitrogen and oxygen atoms in total. The van der Waals surface area contributed by atoms with E-state index >= 15 is 0 Å². The summed E-state index contributed by atoms with van der Waals surface area (Å²) in [7, 11) is -3.86. The molecule has 2 aliphatic heterocycles. The summed E-state index contributed by atoms with van der Waals surface area (Å²) in [5.74, 6) is -1.20. The van der Waals surface area contributed by atoms with Gasteiger partial charge in [0.1, 0.15) is 6.04 Å². The summed E-state index contributed by atoms with van der Waals surface area (Å²) >= 11 is 0. The highest BCUT2D eigenvalue weighted by molar-refractivity contribution is 7.89. The number of anilines is 1. The van der Waals surface area contributed by atoms with Crippen LogP contribution < -0.4 is 4.90 Å². The minimum atomic E-state index is -3.86. The number of carboxylic acids is 1. The Morgan fingerprint density at radius 2 is 2.00 bits per heavy atom. The Labute approximate surface area is 140 Å². The summed E-state index contributed by atoms with van der Waals surface area (Å²) in [6.07, 6.45) is 1.45. The standard InChI is InChI=1S/C16H20N2O5S/c1-10-8-12-9-13(5-6-14(12)18(10)11(2)19)24(22,23)17-7-3-4-15(17)16(20)21/h5-6,9-10,15H,3-4,7-8H2,1-2H3,(H,20,21)/t10-,15-/m0/s1. The first-order chi connectivity index (χ1) is 11.2. The molecule has 2 atom stereocenters. The molecule has 0 aromatic heterocycles. The van der Waals surface area contributed by atoms with Crippen LogP contribution in [0.15, 0.2) is 23.1 Å². The summed E-state index contributed by atoms with van der Waals surface area (Å²) in [6, 6.07) is 3.64. The lowest BCUT2D eigenvalue weighted by molar-refractivity contribution is -0.140. The highest BCUT2D eigenvalue weighted by Crippen LogP contribution is 2.35. The van der Waals surface area contributed by atoms with Gasteiger partial charge in [0.15, 0.2) is 0 Å². The Hall–Kier alpha value is -1.93. The predicted octanol–water partition coefficient (Wildman–Crippen LogP) is 1.22. The van der Waals surface area contributed by atoms with E-state index in [4.69, 9.17) is 0 Å². The maximum atomic E-state index is 12.8. The van der Waals surface area contributed by atoms with Crippen LogP contribution in [-0.4, -0.2) is 48.3 Å². The van der Waals surface area contributed by atoms with Gasteiger partial charge in [-0.05, 0) is 49.9 Å². The molecule has 1 aromatic rings. The molecule has 0 saturated carbocycles. The van der Waals surface area contributed by atoms with E-state index in [0.717, 1.165) is 15.6 Å². The van der Waals surface area contributed by atoms with Crippen LogP contribution in [0.3, 0.4) is 0 Å². The highest BCUT2D eigenvalue weighted by Gasteiger charge is 2.40. The van der Waals surface area contributed by atoms with Gasteiger partial charge >= 0.3 is 5.97 Å². The molecular weight excluding hydrogens is 332 g/mol. The fraction of sp³-hybridized carbons (Fsp3) is 0.500. The lowest BCUT2D eigenvalue weighted by Gasteiger charge is -2.22. The SMILES string of the molecule is CC(=O)N1c2ccc(S(=O)(=O)N3CCC[C@H]3C(=O)O)cc2C[C@@H]1C. The minimum Gasteiger partial charge on any atom is -0.480 e. The van der Waals surface area contributed by atoms with Gasteiger partial charge in [-0.3, -0.25) is 9.59 Å². The number of rotatable bonds is 3. The minimum absolute atomic E-state index is 0.0194. The van der Waals surface area contributed by atoms with Crippen molar-refractivity contribution in [3.8, 4) is 0 Å². The molecule has 2 heterocycles. The first kappa shape index (κ1) is 16.9. The van der Waals surface area contributed by atoms with Gasteiger partial charge in [0.25, 0.3) is 0 Å². The molecule has 1 N–H and O–H groups in total. The molecule has 24 heavy (non-hydrogen) atoms. The average Bonchev–Trinajstić information content (AvgIpc) is 3.09. The molecule has 1 amide bonds. The molecule has 130 valence electrons. The number of carboxylic acid groups (broad SMARTS) is 1. The van der Waals surface area contributed by atoms with Crippen molar-refractivity contribution in [3.05, 3.63) is 23.8 Å². The van der Waals surface area contributed by atoms with Crippen LogP contribution in [0.2, 0.25) is 0 Å². The summed E-state index contributed by atoms with van der Waals surface area (Å²) in [5.41, 5.74) is 1.52. The molecule has 1 aromatic carbocycles. The monoisotopic (exact) mass is 352 g/mol. The zero-order valence-electron chi connectivity index (χ0n) is 13.6. The molecule has 0 spiro atoms. The van der Waals surface area contributed by atoms with Crippen molar-refractivity contribution in [2.24, 2.45) is 0 Å². The number of nitrogens with zero attached hydrogens (tertiary/aromatic N) is 2. The van der Waals surface area contributed by atoms with E-state index in [1.165, 1.54) is 13.0 Å². The zero-order valence-corrected chi connectivity index (χ0v) is 14.4. The van der Waals surface area contributed by atoms with E-state index in [1.54, 1.807) is 17.0 Å². The molecule has 1 saturated heterocycles. The van der Waals surface area contributed by atoms with E-state index in [-0.39, 0.29) is 23.4 Å². The Kier molecular flexibility index (Phi) is 4.13. The third-order valence-electron chi connectivity index (χ3n) is 4.70. The fourth-order valence-electron chi connectivity index (χ4n) is 3.66. The molecular formula is C16H20N2O5S.